The van der Waals surface area contributed by atoms with E-state index in [-0.39, 0.29) is 24.2 Å². The summed E-state index contributed by atoms with van der Waals surface area (Å²) in [6.07, 6.45) is -0.809. The molecule has 0 heterocycles. The molecule has 7 heteroatoms. The third kappa shape index (κ3) is 5.41. The van der Waals surface area contributed by atoms with E-state index in [0.717, 1.165) is 0 Å². The van der Waals surface area contributed by atoms with Crippen LogP contribution in [0.1, 0.15) is 24.2 Å². The Morgan fingerprint density at radius 3 is 2.48 bits per heavy atom. The number of aliphatic hydroxyl groups is 1. The highest BCUT2D eigenvalue weighted by atomic mass is 35.5. The van der Waals surface area contributed by atoms with Crippen molar-refractivity contribution in [2.75, 3.05) is 14.2 Å². The van der Waals surface area contributed by atoms with E-state index in [1.54, 1.807) is 50.6 Å². The van der Waals surface area contributed by atoms with Crippen LogP contribution in [-0.2, 0) is 6.54 Å². The van der Waals surface area contributed by atoms with Crippen LogP contribution in [0.3, 0.4) is 0 Å². The van der Waals surface area contributed by atoms with Crippen molar-refractivity contribution >= 4 is 24.0 Å². The van der Waals surface area contributed by atoms with Crippen LogP contribution in [0.25, 0.3) is 0 Å². The third-order valence-corrected chi connectivity index (χ3v) is 4.12. The van der Waals surface area contributed by atoms with Gasteiger partial charge >= 0.3 is 0 Å². The van der Waals surface area contributed by atoms with Crippen LogP contribution in [0.5, 0.6) is 17.2 Å². The van der Waals surface area contributed by atoms with Gasteiger partial charge in [-0.25, -0.2) is 0 Å². The Balaban J connectivity index is 0.00000312. The summed E-state index contributed by atoms with van der Waals surface area (Å²) in [6.45, 7) is 2.22. The quantitative estimate of drug-likeness (QED) is 0.675. The predicted octanol–water partition coefficient (Wildman–Crippen LogP) is 3.70. The molecule has 0 fully saturated rings. The van der Waals surface area contributed by atoms with Gasteiger partial charge in [0, 0.05) is 28.7 Å². The van der Waals surface area contributed by atoms with Crippen LogP contribution in [-0.4, -0.2) is 30.5 Å². The highest BCUT2D eigenvalue weighted by Gasteiger charge is 2.21. The number of phenols is 1. The second-order valence-electron chi connectivity index (χ2n) is 5.50. The van der Waals surface area contributed by atoms with Crippen molar-refractivity contribution in [3.05, 3.63) is 52.5 Å². The number of halogens is 2. The smallest absolute Gasteiger partial charge is 0.124 e. The molecule has 2 rings (SSSR count). The second-order valence-corrected chi connectivity index (χ2v) is 5.93. The number of hydrogen-bond acceptors (Lipinski definition) is 5. The molecule has 0 radical (unpaired) electrons. The first-order chi connectivity index (χ1) is 11.5. The maximum atomic E-state index is 10.6. The van der Waals surface area contributed by atoms with E-state index < -0.39 is 6.10 Å². The molecular formula is C18H23Cl2NO4. The Kier molecular flexibility index (Phi) is 8.32. The van der Waals surface area contributed by atoms with Crippen molar-refractivity contribution in [3.8, 4) is 17.2 Å². The first-order valence-electron chi connectivity index (χ1n) is 7.57. The topological polar surface area (TPSA) is 71.0 Å². The lowest BCUT2D eigenvalue weighted by molar-refractivity contribution is 0.131. The lowest BCUT2D eigenvalue weighted by Crippen LogP contribution is -2.32. The number of benzene rings is 2. The molecule has 0 amide bonds. The Morgan fingerprint density at radius 2 is 1.84 bits per heavy atom. The van der Waals surface area contributed by atoms with Gasteiger partial charge in [-0.15, -0.1) is 12.4 Å². The van der Waals surface area contributed by atoms with Gasteiger partial charge in [-0.3, -0.25) is 0 Å². The van der Waals surface area contributed by atoms with E-state index in [2.05, 4.69) is 5.32 Å². The van der Waals surface area contributed by atoms with Gasteiger partial charge in [-0.2, -0.15) is 0 Å². The molecule has 0 bridgehead atoms. The standard InChI is InChI=1S/C18H22ClNO4.ClH/c1-11(20-10-12-8-13(19)4-6-16(12)21)18(22)15-9-14(23-2)5-7-17(15)24-3;/h4-9,11,18,20-22H,10H2,1-3H3;1H. The lowest BCUT2D eigenvalue weighted by Gasteiger charge is -2.23. The molecule has 2 atom stereocenters. The molecular weight excluding hydrogens is 365 g/mol. The van der Waals surface area contributed by atoms with Crippen LogP contribution in [0, 0.1) is 0 Å². The van der Waals surface area contributed by atoms with E-state index in [4.69, 9.17) is 21.1 Å². The summed E-state index contributed by atoms with van der Waals surface area (Å²) in [5.41, 5.74) is 1.30. The maximum absolute atomic E-state index is 10.6. The average molecular weight is 388 g/mol. The normalized spacial score (nSPS) is 12.8. The van der Waals surface area contributed by atoms with E-state index in [1.165, 1.54) is 0 Å². The zero-order valence-corrected chi connectivity index (χ0v) is 15.9. The van der Waals surface area contributed by atoms with Crippen LogP contribution in [0.15, 0.2) is 36.4 Å². The summed E-state index contributed by atoms with van der Waals surface area (Å²) in [6, 6.07) is 9.85. The van der Waals surface area contributed by atoms with Crippen molar-refractivity contribution in [2.45, 2.75) is 25.6 Å². The summed E-state index contributed by atoms with van der Waals surface area (Å²) in [5, 5.41) is 24.2. The number of hydrogen-bond donors (Lipinski definition) is 3. The number of phenolic OH excluding ortho intramolecular Hbond substituents is 1. The molecule has 3 N–H and O–H groups in total. The largest absolute Gasteiger partial charge is 0.508 e. The molecule has 2 aromatic rings. The summed E-state index contributed by atoms with van der Waals surface area (Å²) in [4.78, 5) is 0. The van der Waals surface area contributed by atoms with Crippen molar-refractivity contribution in [2.24, 2.45) is 0 Å². The number of ether oxygens (including phenoxy) is 2. The fourth-order valence-electron chi connectivity index (χ4n) is 2.42. The molecule has 25 heavy (non-hydrogen) atoms. The highest BCUT2D eigenvalue weighted by Crippen LogP contribution is 2.31. The summed E-state index contributed by atoms with van der Waals surface area (Å²) in [5.74, 6) is 1.39. The number of aliphatic hydroxyl groups excluding tert-OH is 1. The Morgan fingerprint density at radius 1 is 1.12 bits per heavy atom. The van der Waals surface area contributed by atoms with E-state index in [9.17, 15) is 10.2 Å². The van der Waals surface area contributed by atoms with Crippen molar-refractivity contribution < 1.29 is 19.7 Å². The summed E-state index contributed by atoms with van der Waals surface area (Å²) < 4.78 is 10.5. The minimum absolute atomic E-state index is 0. The number of methoxy groups -OCH3 is 2. The first-order valence-corrected chi connectivity index (χ1v) is 7.94. The predicted molar refractivity (Wildman–Crippen MR) is 101 cm³/mol. The highest BCUT2D eigenvalue weighted by molar-refractivity contribution is 6.30. The van der Waals surface area contributed by atoms with Gasteiger partial charge in [0.25, 0.3) is 0 Å². The minimum Gasteiger partial charge on any atom is -0.508 e. The fraction of sp³-hybridized carbons (Fsp3) is 0.333. The molecule has 2 unspecified atom stereocenters. The van der Waals surface area contributed by atoms with Crippen molar-refractivity contribution in [1.82, 2.24) is 5.32 Å². The van der Waals surface area contributed by atoms with Gasteiger partial charge in [-0.1, -0.05) is 11.6 Å². The number of rotatable bonds is 7. The zero-order valence-electron chi connectivity index (χ0n) is 14.3. The first kappa shape index (κ1) is 21.4. The Labute approximate surface area is 158 Å². The zero-order chi connectivity index (χ0) is 17.7. The molecule has 0 saturated heterocycles. The van der Waals surface area contributed by atoms with Crippen molar-refractivity contribution in [3.63, 3.8) is 0 Å². The van der Waals surface area contributed by atoms with Crippen LogP contribution in [0.4, 0.5) is 0 Å². The molecule has 0 aliphatic heterocycles. The molecule has 2 aromatic carbocycles. The van der Waals surface area contributed by atoms with E-state index in [0.29, 0.717) is 34.2 Å². The molecule has 0 aliphatic rings. The van der Waals surface area contributed by atoms with Gasteiger partial charge in [0.05, 0.1) is 20.3 Å². The van der Waals surface area contributed by atoms with Crippen LogP contribution in [0.2, 0.25) is 5.02 Å². The molecule has 0 spiro atoms. The van der Waals surface area contributed by atoms with Crippen LogP contribution >= 0.6 is 24.0 Å². The molecule has 5 nitrogen and oxygen atoms in total. The monoisotopic (exact) mass is 387 g/mol. The third-order valence-electron chi connectivity index (χ3n) is 3.89. The average Bonchev–Trinajstić information content (AvgIpc) is 2.60. The Hall–Kier alpha value is -1.66. The summed E-state index contributed by atoms with van der Waals surface area (Å²) in [7, 11) is 3.13. The van der Waals surface area contributed by atoms with Gasteiger partial charge in [-0.05, 0) is 43.3 Å². The van der Waals surface area contributed by atoms with E-state index in [1.807, 2.05) is 6.92 Å². The SMILES string of the molecule is COc1ccc(OC)c(C(O)C(C)NCc2cc(Cl)ccc2O)c1.Cl. The van der Waals surface area contributed by atoms with Gasteiger partial charge in [0.1, 0.15) is 17.2 Å². The van der Waals surface area contributed by atoms with Crippen LogP contribution < -0.4 is 14.8 Å². The van der Waals surface area contributed by atoms with Gasteiger partial charge in [0.15, 0.2) is 0 Å². The van der Waals surface area contributed by atoms with E-state index >= 15 is 0 Å². The Bertz CT molecular complexity index is 697. The molecule has 0 saturated carbocycles. The maximum Gasteiger partial charge on any atom is 0.124 e. The molecule has 0 aliphatic carbocycles. The summed E-state index contributed by atoms with van der Waals surface area (Å²) >= 11 is 5.94. The van der Waals surface area contributed by atoms with Crippen molar-refractivity contribution in [1.29, 1.82) is 0 Å². The minimum atomic E-state index is -0.809. The molecule has 0 aromatic heterocycles. The fourth-order valence-corrected chi connectivity index (χ4v) is 2.61. The number of nitrogens with one attached hydrogen (secondary N) is 1. The second kappa shape index (κ2) is 9.73. The van der Waals surface area contributed by atoms with Gasteiger partial charge in [0.2, 0.25) is 0 Å². The van der Waals surface area contributed by atoms with Gasteiger partial charge < -0.3 is 25.0 Å². The lowest BCUT2D eigenvalue weighted by atomic mass is 10.0. The number of aromatic hydroxyl groups is 1. The molecule has 138 valence electrons.